The second kappa shape index (κ2) is 6.64. The molecule has 0 amide bonds. The Hall–Kier alpha value is -1.31. The average Bonchev–Trinajstić information content (AvgIpc) is 2.85. The zero-order chi connectivity index (χ0) is 15.5. The van der Waals surface area contributed by atoms with Crippen LogP contribution in [0.5, 0.6) is 0 Å². The second-order valence-electron chi connectivity index (χ2n) is 4.24. The maximum absolute atomic E-state index is 12.8. The van der Waals surface area contributed by atoms with Crippen LogP contribution in [0.1, 0.15) is 18.2 Å². The van der Waals surface area contributed by atoms with Crippen molar-refractivity contribution < 1.29 is 13.2 Å². The van der Waals surface area contributed by atoms with Gasteiger partial charge in [0.2, 0.25) is 0 Å². The van der Waals surface area contributed by atoms with Gasteiger partial charge in [-0.1, -0.05) is 18.5 Å². The molecule has 0 saturated heterocycles. The van der Waals surface area contributed by atoms with E-state index >= 15 is 0 Å². The highest BCUT2D eigenvalue weighted by atomic mass is 35.5. The molecular weight excluding hydrogens is 323 g/mol. The summed E-state index contributed by atoms with van der Waals surface area (Å²) in [6.07, 6.45) is -4.48. The molecule has 0 bridgehead atoms. The lowest BCUT2D eigenvalue weighted by Gasteiger charge is -2.11. The van der Waals surface area contributed by atoms with Crippen LogP contribution in [-0.2, 0) is 12.7 Å². The molecule has 2 N–H and O–H groups in total. The molecule has 1 aromatic carbocycles. The molecule has 0 saturated carbocycles. The van der Waals surface area contributed by atoms with Crippen LogP contribution in [0.25, 0.3) is 0 Å². The number of benzene rings is 1. The maximum Gasteiger partial charge on any atom is 0.417 e. The largest absolute Gasteiger partial charge is 0.417 e. The Morgan fingerprint density at radius 3 is 2.76 bits per heavy atom. The smallest absolute Gasteiger partial charge is 0.332 e. The number of halogens is 4. The highest BCUT2D eigenvalue weighted by molar-refractivity contribution is 7.13. The first-order chi connectivity index (χ1) is 9.90. The van der Waals surface area contributed by atoms with E-state index in [1.807, 2.05) is 12.3 Å². The Morgan fingerprint density at radius 1 is 1.33 bits per heavy atom. The van der Waals surface area contributed by atoms with Crippen molar-refractivity contribution in [1.29, 1.82) is 0 Å². The number of aromatic nitrogens is 1. The Kier molecular flexibility index (Phi) is 5.08. The van der Waals surface area contributed by atoms with E-state index in [9.17, 15) is 13.2 Å². The fourth-order valence-electron chi connectivity index (χ4n) is 1.64. The minimum absolute atomic E-state index is 0.302. The van der Waals surface area contributed by atoms with Crippen LogP contribution in [-0.4, -0.2) is 11.5 Å². The molecule has 8 heteroatoms. The van der Waals surface area contributed by atoms with Gasteiger partial charge in [-0.05, 0) is 24.7 Å². The quantitative estimate of drug-likeness (QED) is 0.833. The van der Waals surface area contributed by atoms with Crippen LogP contribution in [0.3, 0.4) is 0 Å². The predicted octanol–water partition coefficient (Wildman–Crippen LogP) is 4.67. The Balaban J connectivity index is 2.14. The third-order valence-corrected chi connectivity index (χ3v) is 3.77. The summed E-state index contributed by atoms with van der Waals surface area (Å²) in [4.78, 5) is 4.29. The van der Waals surface area contributed by atoms with E-state index < -0.39 is 11.7 Å². The molecule has 0 aliphatic rings. The van der Waals surface area contributed by atoms with Gasteiger partial charge in [0.1, 0.15) is 0 Å². The van der Waals surface area contributed by atoms with Crippen LogP contribution < -0.4 is 10.6 Å². The van der Waals surface area contributed by atoms with Crippen molar-refractivity contribution in [3.05, 3.63) is 39.9 Å². The molecule has 21 heavy (non-hydrogen) atoms. The van der Waals surface area contributed by atoms with Crippen molar-refractivity contribution in [3.8, 4) is 0 Å². The summed E-state index contributed by atoms with van der Waals surface area (Å²) >= 11 is 6.91. The van der Waals surface area contributed by atoms with E-state index in [1.165, 1.54) is 23.5 Å². The lowest BCUT2D eigenvalue weighted by atomic mass is 10.2. The number of rotatable bonds is 5. The molecule has 2 rings (SSSR count). The minimum Gasteiger partial charge on any atom is -0.332 e. The zero-order valence-electron chi connectivity index (χ0n) is 11.1. The van der Waals surface area contributed by atoms with Crippen LogP contribution in [0, 0.1) is 0 Å². The highest BCUT2D eigenvalue weighted by Crippen LogP contribution is 2.36. The Labute approximate surface area is 129 Å². The summed E-state index contributed by atoms with van der Waals surface area (Å²) in [5, 5.41) is 8.06. The van der Waals surface area contributed by atoms with E-state index in [1.54, 1.807) is 0 Å². The normalized spacial score (nSPS) is 11.7. The number of alkyl halides is 3. The molecule has 2 aromatic rings. The second-order valence-corrected chi connectivity index (χ2v) is 5.51. The molecule has 3 nitrogen and oxygen atoms in total. The van der Waals surface area contributed by atoms with E-state index in [0.29, 0.717) is 17.4 Å². The fourth-order valence-corrected chi connectivity index (χ4v) is 2.60. The molecule has 0 spiro atoms. The van der Waals surface area contributed by atoms with Gasteiger partial charge in [0, 0.05) is 17.6 Å². The monoisotopic (exact) mass is 335 g/mol. The molecule has 0 atom stereocenters. The lowest BCUT2D eigenvalue weighted by molar-refractivity contribution is -0.137. The summed E-state index contributed by atoms with van der Waals surface area (Å²) < 4.78 is 38.3. The van der Waals surface area contributed by atoms with Gasteiger partial charge in [-0.2, -0.15) is 13.2 Å². The number of anilines is 2. The number of nitrogens with one attached hydrogen (secondary N) is 2. The molecule has 0 aliphatic heterocycles. The van der Waals surface area contributed by atoms with Crippen molar-refractivity contribution in [2.24, 2.45) is 0 Å². The van der Waals surface area contributed by atoms with E-state index in [2.05, 4.69) is 15.6 Å². The molecule has 1 aromatic heterocycles. The standard InChI is InChI=1S/C13H13ClF3N3S/c1-2-18-6-9-7-21-12(20-9)19-8-3-4-11(14)10(5-8)13(15,16)17/h3-5,7,18H,2,6H2,1H3,(H,19,20). The summed E-state index contributed by atoms with van der Waals surface area (Å²) in [5.41, 5.74) is 0.282. The Bertz CT molecular complexity index is 613. The van der Waals surface area contributed by atoms with Gasteiger partial charge in [-0.15, -0.1) is 11.3 Å². The van der Waals surface area contributed by atoms with Gasteiger partial charge >= 0.3 is 6.18 Å². The Morgan fingerprint density at radius 2 is 2.10 bits per heavy atom. The molecule has 0 aliphatic carbocycles. The fraction of sp³-hybridized carbons (Fsp3) is 0.308. The van der Waals surface area contributed by atoms with Gasteiger partial charge in [0.05, 0.1) is 16.3 Å². The SMILES string of the molecule is CCNCc1csc(Nc2ccc(Cl)c(C(F)(F)F)c2)n1. The van der Waals surface area contributed by atoms with Gasteiger partial charge < -0.3 is 10.6 Å². The first kappa shape index (κ1) is 16.1. The van der Waals surface area contributed by atoms with Crippen LogP contribution in [0.2, 0.25) is 5.02 Å². The third-order valence-electron chi connectivity index (χ3n) is 2.63. The molecule has 114 valence electrons. The molecule has 1 heterocycles. The number of hydrogen-bond acceptors (Lipinski definition) is 4. The van der Waals surface area contributed by atoms with Crippen molar-refractivity contribution in [1.82, 2.24) is 10.3 Å². The first-order valence-corrected chi connectivity index (χ1v) is 7.45. The van der Waals surface area contributed by atoms with Crippen molar-refractivity contribution >= 4 is 33.8 Å². The van der Waals surface area contributed by atoms with E-state index in [-0.39, 0.29) is 5.02 Å². The topological polar surface area (TPSA) is 37.0 Å². The molecule has 0 unspecified atom stereocenters. The predicted molar refractivity (Wildman–Crippen MR) is 79.2 cm³/mol. The molecular formula is C13H13ClF3N3S. The summed E-state index contributed by atoms with van der Waals surface area (Å²) in [5.74, 6) is 0. The first-order valence-electron chi connectivity index (χ1n) is 6.19. The summed E-state index contributed by atoms with van der Waals surface area (Å²) in [6, 6.07) is 3.69. The number of hydrogen-bond donors (Lipinski definition) is 2. The summed E-state index contributed by atoms with van der Waals surface area (Å²) in [6.45, 7) is 3.44. The molecule has 0 radical (unpaired) electrons. The number of thiazole rings is 1. The maximum atomic E-state index is 12.8. The van der Waals surface area contributed by atoms with Gasteiger partial charge in [-0.3, -0.25) is 0 Å². The van der Waals surface area contributed by atoms with Gasteiger partial charge in [-0.25, -0.2) is 4.98 Å². The average molecular weight is 336 g/mol. The zero-order valence-corrected chi connectivity index (χ0v) is 12.7. The summed E-state index contributed by atoms with van der Waals surface area (Å²) in [7, 11) is 0. The third kappa shape index (κ3) is 4.33. The van der Waals surface area contributed by atoms with Crippen molar-refractivity contribution in [2.45, 2.75) is 19.6 Å². The van der Waals surface area contributed by atoms with Crippen LogP contribution in [0.4, 0.5) is 24.0 Å². The van der Waals surface area contributed by atoms with E-state index in [4.69, 9.17) is 11.6 Å². The van der Waals surface area contributed by atoms with E-state index in [0.717, 1.165) is 18.3 Å². The van der Waals surface area contributed by atoms with Crippen molar-refractivity contribution in [2.75, 3.05) is 11.9 Å². The molecule has 0 fully saturated rings. The number of nitrogens with zero attached hydrogens (tertiary/aromatic N) is 1. The van der Waals surface area contributed by atoms with Crippen LogP contribution >= 0.6 is 22.9 Å². The van der Waals surface area contributed by atoms with Crippen molar-refractivity contribution in [3.63, 3.8) is 0 Å². The van der Waals surface area contributed by atoms with Gasteiger partial charge in [0.15, 0.2) is 5.13 Å². The lowest BCUT2D eigenvalue weighted by Crippen LogP contribution is -2.11. The van der Waals surface area contributed by atoms with Crippen LogP contribution in [0.15, 0.2) is 23.6 Å². The minimum atomic E-state index is -4.48. The highest BCUT2D eigenvalue weighted by Gasteiger charge is 2.33. The van der Waals surface area contributed by atoms with Gasteiger partial charge in [0.25, 0.3) is 0 Å².